The van der Waals surface area contributed by atoms with Crippen LogP contribution in [0, 0.1) is 6.92 Å². The average Bonchev–Trinajstić information content (AvgIpc) is 3.15. The first-order chi connectivity index (χ1) is 13.7. The highest BCUT2D eigenvalue weighted by Gasteiger charge is 2.10. The first-order valence-corrected chi connectivity index (χ1v) is 10.8. The summed E-state index contributed by atoms with van der Waals surface area (Å²) in [6.45, 7) is 1.99. The van der Waals surface area contributed by atoms with E-state index in [2.05, 4.69) is 58.0 Å². The highest BCUT2D eigenvalue weighted by molar-refractivity contribution is 7.99. The van der Waals surface area contributed by atoms with E-state index in [1.165, 1.54) is 27.0 Å². The van der Waals surface area contributed by atoms with Crippen LogP contribution in [0.1, 0.15) is 20.9 Å². The molecule has 0 saturated carbocycles. The SMILES string of the molecule is Cc1ccc(C(=O)Nc2nnc(CCSc3ccc4ccccc4c3)s2)cc1. The lowest BCUT2D eigenvalue weighted by Gasteiger charge is -2.03. The number of nitrogens with one attached hydrogen (secondary N) is 1. The minimum atomic E-state index is -0.159. The molecule has 1 aromatic heterocycles. The summed E-state index contributed by atoms with van der Waals surface area (Å²) in [6, 6.07) is 22.4. The van der Waals surface area contributed by atoms with Crippen LogP contribution in [0.25, 0.3) is 10.8 Å². The minimum absolute atomic E-state index is 0.159. The number of nitrogens with zero attached hydrogens (tertiary/aromatic N) is 2. The fourth-order valence-corrected chi connectivity index (χ4v) is 4.56. The topological polar surface area (TPSA) is 54.9 Å². The van der Waals surface area contributed by atoms with E-state index in [-0.39, 0.29) is 5.91 Å². The van der Waals surface area contributed by atoms with Gasteiger partial charge in [-0.15, -0.1) is 22.0 Å². The van der Waals surface area contributed by atoms with Gasteiger partial charge in [-0.05, 0) is 42.0 Å². The second-order valence-electron chi connectivity index (χ2n) is 6.43. The molecule has 28 heavy (non-hydrogen) atoms. The molecule has 6 heteroatoms. The summed E-state index contributed by atoms with van der Waals surface area (Å²) in [5, 5.41) is 15.1. The van der Waals surface area contributed by atoms with Gasteiger partial charge in [0.15, 0.2) is 0 Å². The van der Waals surface area contributed by atoms with Crippen LogP contribution in [-0.4, -0.2) is 21.9 Å². The Balaban J connectivity index is 1.31. The van der Waals surface area contributed by atoms with Crippen LogP contribution in [0.4, 0.5) is 5.13 Å². The fourth-order valence-electron chi connectivity index (χ4n) is 2.79. The smallest absolute Gasteiger partial charge is 0.257 e. The Bertz CT molecular complexity index is 1110. The molecule has 1 heterocycles. The molecule has 0 spiro atoms. The van der Waals surface area contributed by atoms with Gasteiger partial charge in [0.05, 0.1) is 0 Å². The van der Waals surface area contributed by atoms with E-state index >= 15 is 0 Å². The van der Waals surface area contributed by atoms with Crippen molar-refractivity contribution >= 4 is 44.9 Å². The number of thioether (sulfide) groups is 1. The summed E-state index contributed by atoms with van der Waals surface area (Å²) in [6.07, 6.45) is 0.815. The maximum absolute atomic E-state index is 12.3. The van der Waals surface area contributed by atoms with Crippen LogP contribution in [-0.2, 0) is 6.42 Å². The molecule has 140 valence electrons. The Morgan fingerprint density at radius 2 is 1.79 bits per heavy atom. The molecule has 1 amide bonds. The number of aromatic nitrogens is 2. The number of benzene rings is 3. The van der Waals surface area contributed by atoms with Crippen LogP contribution in [0.3, 0.4) is 0 Å². The monoisotopic (exact) mass is 405 g/mol. The van der Waals surface area contributed by atoms with Gasteiger partial charge in [0.25, 0.3) is 5.91 Å². The van der Waals surface area contributed by atoms with Gasteiger partial charge in [0.2, 0.25) is 5.13 Å². The van der Waals surface area contributed by atoms with Gasteiger partial charge in [-0.3, -0.25) is 10.1 Å². The Kier molecular flexibility index (Phi) is 5.69. The molecule has 0 unspecified atom stereocenters. The zero-order chi connectivity index (χ0) is 19.3. The summed E-state index contributed by atoms with van der Waals surface area (Å²) in [5.41, 5.74) is 1.74. The van der Waals surface area contributed by atoms with Gasteiger partial charge in [0.1, 0.15) is 5.01 Å². The summed E-state index contributed by atoms with van der Waals surface area (Å²) in [5.74, 6) is 0.757. The summed E-state index contributed by atoms with van der Waals surface area (Å²) < 4.78 is 0. The molecule has 1 N–H and O–H groups in total. The van der Waals surface area contributed by atoms with Gasteiger partial charge in [0, 0.05) is 22.6 Å². The second kappa shape index (κ2) is 8.54. The van der Waals surface area contributed by atoms with E-state index < -0.39 is 0 Å². The van der Waals surface area contributed by atoms with Crippen molar-refractivity contribution in [3.63, 3.8) is 0 Å². The Hall–Kier alpha value is -2.70. The number of rotatable bonds is 6. The maximum atomic E-state index is 12.3. The molecule has 4 rings (SSSR count). The number of amides is 1. The third-order valence-corrected chi connectivity index (χ3v) is 6.20. The predicted octanol–water partition coefficient (Wildman–Crippen LogP) is 5.59. The number of hydrogen-bond donors (Lipinski definition) is 1. The van der Waals surface area contributed by atoms with Crippen molar-refractivity contribution in [1.29, 1.82) is 0 Å². The van der Waals surface area contributed by atoms with Gasteiger partial charge in [-0.1, -0.05) is 59.4 Å². The summed E-state index contributed by atoms with van der Waals surface area (Å²) in [7, 11) is 0. The van der Waals surface area contributed by atoms with Gasteiger partial charge in [-0.25, -0.2) is 0 Å². The van der Waals surface area contributed by atoms with Crippen LogP contribution >= 0.6 is 23.1 Å². The molecule has 4 nitrogen and oxygen atoms in total. The number of carbonyl (C=O) groups is 1. The lowest BCUT2D eigenvalue weighted by atomic mass is 10.1. The highest BCUT2D eigenvalue weighted by atomic mass is 32.2. The Morgan fingerprint density at radius 1 is 1.00 bits per heavy atom. The minimum Gasteiger partial charge on any atom is -0.296 e. The molecular formula is C22H19N3OS2. The molecular weight excluding hydrogens is 386 g/mol. The van der Waals surface area contributed by atoms with Crippen LogP contribution in [0.5, 0.6) is 0 Å². The van der Waals surface area contributed by atoms with Gasteiger partial charge in [-0.2, -0.15) is 0 Å². The fraction of sp³-hybridized carbons (Fsp3) is 0.136. The Labute approximate surface area is 172 Å². The predicted molar refractivity (Wildman–Crippen MR) is 117 cm³/mol. The second-order valence-corrected chi connectivity index (χ2v) is 8.66. The van der Waals surface area contributed by atoms with Crippen molar-refractivity contribution in [3.05, 3.63) is 82.9 Å². The lowest BCUT2D eigenvalue weighted by molar-refractivity contribution is 0.102. The standard InChI is InChI=1S/C22H19N3OS2/c1-15-6-8-17(9-7-15)21(26)23-22-25-24-20(28-22)12-13-27-19-11-10-16-4-2-3-5-18(16)14-19/h2-11,14H,12-13H2,1H3,(H,23,25,26). The lowest BCUT2D eigenvalue weighted by Crippen LogP contribution is -2.11. The highest BCUT2D eigenvalue weighted by Crippen LogP contribution is 2.25. The molecule has 0 saturated heterocycles. The molecule has 0 bridgehead atoms. The zero-order valence-electron chi connectivity index (χ0n) is 15.4. The molecule has 0 atom stereocenters. The van der Waals surface area contributed by atoms with Crippen LogP contribution < -0.4 is 5.32 Å². The van der Waals surface area contributed by atoms with E-state index in [0.29, 0.717) is 10.7 Å². The molecule has 0 aliphatic heterocycles. The van der Waals surface area contributed by atoms with E-state index in [9.17, 15) is 4.79 Å². The Morgan fingerprint density at radius 3 is 2.61 bits per heavy atom. The first kappa shape index (κ1) is 18.7. The van der Waals surface area contributed by atoms with E-state index in [1.807, 2.05) is 31.2 Å². The first-order valence-electron chi connectivity index (χ1n) is 8.99. The van der Waals surface area contributed by atoms with Crippen molar-refractivity contribution in [2.24, 2.45) is 0 Å². The van der Waals surface area contributed by atoms with E-state index in [0.717, 1.165) is 22.7 Å². The van der Waals surface area contributed by atoms with Crippen molar-refractivity contribution in [1.82, 2.24) is 10.2 Å². The normalized spacial score (nSPS) is 10.9. The van der Waals surface area contributed by atoms with Crippen molar-refractivity contribution in [3.8, 4) is 0 Å². The number of aryl methyl sites for hydroxylation is 2. The van der Waals surface area contributed by atoms with E-state index in [4.69, 9.17) is 0 Å². The molecule has 0 radical (unpaired) electrons. The quantitative estimate of drug-likeness (QED) is 0.425. The number of carbonyl (C=O) groups excluding carboxylic acids is 1. The van der Waals surface area contributed by atoms with Gasteiger partial charge < -0.3 is 0 Å². The third kappa shape index (κ3) is 4.58. The van der Waals surface area contributed by atoms with Gasteiger partial charge >= 0.3 is 0 Å². The van der Waals surface area contributed by atoms with Crippen molar-refractivity contribution < 1.29 is 4.79 Å². The number of hydrogen-bond acceptors (Lipinski definition) is 5. The third-order valence-electron chi connectivity index (χ3n) is 4.31. The molecule has 0 fully saturated rings. The number of fused-ring (bicyclic) bond motifs is 1. The molecule has 0 aliphatic rings. The van der Waals surface area contributed by atoms with Crippen LogP contribution in [0.15, 0.2) is 71.6 Å². The summed E-state index contributed by atoms with van der Waals surface area (Å²) >= 11 is 3.23. The maximum Gasteiger partial charge on any atom is 0.257 e. The average molecular weight is 406 g/mol. The van der Waals surface area contributed by atoms with Crippen LogP contribution in [0.2, 0.25) is 0 Å². The zero-order valence-corrected chi connectivity index (χ0v) is 17.0. The molecule has 3 aromatic carbocycles. The largest absolute Gasteiger partial charge is 0.296 e. The molecule has 4 aromatic rings. The number of anilines is 1. The molecule has 0 aliphatic carbocycles. The van der Waals surface area contributed by atoms with Crippen molar-refractivity contribution in [2.45, 2.75) is 18.2 Å². The van der Waals surface area contributed by atoms with Crippen molar-refractivity contribution in [2.75, 3.05) is 11.1 Å². The van der Waals surface area contributed by atoms with E-state index in [1.54, 1.807) is 11.8 Å². The summed E-state index contributed by atoms with van der Waals surface area (Å²) in [4.78, 5) is 13.5.